The van der Waals surface area contributed by atoms with Crippen molar-refractivity contribution in [2.75, 3.05) is 5.73 Å². The standard InChI is InChI=1S/C11H7Cl2N5O2/c12-5-3-7(14)8(4-6(5)13)20-10-2-1-9-15-16-11(19)18(9)17-10/h1-4H,14H2,(H,16,19). The van der Waals surface area contributed by atoms with Crippen molar-refractivity contribution in [2.45, 2.75) is 0 Å². The van der Waals surface area contributed by atoms with Gasteiger partial charge in [0.2, 0.25) is 5.88 Å². The summed E-state index contributed by atoms with van der Waals surface area (Å²) in [5, 5.41) is 10.6. The van der Waals surface area contributed by atoms with Gasteiger partial charge in [-0.15, -0.1) is 5.10 Å². The molecule has 2 aromatic heterocycles. The largest absolute Gasteiger partial charge is 0.435 e. The number of benzene rings is 1. The van der Waals surface area contributed by atoms with Crippen molar-refractivity contribution in [2.24, 2.45) is 0 Å². The molecule has 0 radical (unpaired) electrons. The van der Waals surface area contributed by atoms with Gasteiger partial charge in [-0.25, -0.2) is 9.89 Å². The lowest BCUT2D eigenvalue weighted by molar-refractivity contribution is 0.453. The number of rotatable bonds is 2. The van der Waals surface area contributed by atoms with E-state index in [4.69, 9.17) is 33.7 Å². The molecule has 3 rings (SSSR count). The second-order valence-corrected chi connectivity index (χ2v) is 4.69. The first-order valence-electron chi connectivity index (χ1n) is 5.41. The van der Waals surface area contributed by atoms with Crippen LogP contribution in [0.25, 0.3) is 5.65 Å². The molecule has 0 amide bonds. The van der Waals surface area contributed by atoms with E-state index in [1.54, 1.807) is 12.1 Å². The fourth-order valence-corrected chi connectivity index (χ4v) is 1.91. The Morgan fingerprint density at radius 1 is 1.25 bits per heavy atom. The van der Waals surface area contributed by atoms with Crippen molar-refractivity contribution in [3.63, 3.8) is 0 Å². The van der Waals surface area contributed by atoms with Crippen LogP contribution in [-0.4, -0.2) is 19.8 Å². The van der Waals surface area contributed by atoms with Crippen molar-refractivity contribution < 1.29 is 4.74 Å². The van der Waals surface area contributed by atoms with Crippen molar-refractivity contribution >= 4 is 34.5 Å². The molecular weight excluding hydrogens is 305 g/mol. The van der Waals surface area contributed by atoms with Crippen LogP contribution >= 0.6 is 23.2 Å². The van der Waals surface area contributed by atoms with Gasteiger partial charge in [0.1, 0.15) is 0 Å². The average molecular weight is 312 g/mol. The van der Waals surface area contributed by atoms with Crippen molar-refractivity contribution in [3.8, 4) is 11.6 Å². The molecule has 7 nitrogen and oxygen atoms in total. The average Bonchev–Trinajstić information content (AvgIpc) is 2.78. The molecule has 20 heavy (non-hydrogen) atoms. The molecule has 0 aliphatic rings. The van der Waals surface area contributed by atoms with Crippen LogP contribution in [-0.2, 0) is 0 Å². The summed E-state index contributed by atoms with van der Waals surface area (Å²) >= 11 is 11.7. The van der Waals surface area contributed by atoms with Gasteiger partial charge in [-0.3, -0.25) is 0 Å². The summed E-state index contributed by atoms with van der Waals surface area (Å²) in [5.41, 5.74) is 6.00. The number of halogens is 2. The quantitative estimate of drug-likeness (QED) is 0.706. The van der Waals surface area contributed by atoms with Gasteiger partial charge < -0.3 is 10.5 Å². The summed E-state index contributed by atoms with van der Waals surface area (Å²) in [6, 6.07) is 6.08. The molecule has 9 heteroatoms. The number of anilines is 1. The van der Waals surface area contributed by atoms with E-state index < -0.39 is 5.69 Å². The van der Waals surface area contributed by atoms with Crippen LogP contribution in [0.1, 0.15) is 0 Å². The van der Waals surface area contributed by atoms with Crippen LogP contribution in [0.2, 0.25) is 10.0 Å². The number of H-pyrrole nitrogens is 1. The number of aromatic amines is 1. The molecule has 0 saturated heterocycles. The van der Waals surface area contributed by atoms with Crippen LogP contribution in [0.5, 0.6) is 11.6 Å². The van der Waals surface area contributed by atoms with Crippen LogP contribution < -0.4 is 16.2 Å². The van der Waals surface area contributed by atoms with Gasteiger partial charge in [-0.05, 0) is 12.1 Å². The molecule has 0 unspecified atom stereocenters. The van der Waals surface area contributed by atoms with E-state index in [0.717, 1.165) is 4.52 Å². The fraction of sp³-hybridized carbons (Fsp3) is 0. The lowest BCUT2D eigenvalue weighted by atomic mass is 10.3. The van der Waals surface area contributed by atoms with E-state index in [0.29, 0.717) is 27.1 Å². The van der Waals surface area contributed by atoms with E-state index in [1.807, 2.05) is 0 Å². The van der Waals surface area contributed by atoms with Crippen LogP contribution in [0.3, 0.4) is 0 Å². The number of nitrogen functional groups attached to an aromatic ring is 1. The van der Waals surface area contributed by atoms with E-state index in [2.05, 4.69) is 15.3 Å². The molecule has 3 aromatic rings. The topological polar surface area (TPSA) is 98.3 Å². The smallest absolute Gasteiger partial charge is 0.364 e. The summed E-state index contributed by atoms with van der Waals surface area (Å²) in [4.78, 5) is 11.4. The Morgan fingerprint density at radius 3 is 2.80 bits per heavy atom. The minimum Gasteiger partial charge on any atom is -0.435 e. The normalized spacial score (nSPS) is 10.9. The molecule has 0 bridgehead atoms. The molecule has 0 fully saturated rings. The van der Waals surface area contributed by atoms with E-state index in [-0.39, 0.29) is 5.88 Å². The zero-order chi connectivity index (χ0) is 14.3. The number of hydrogen-bond donors (Lipinski definition) is 2. The fourth-order valence-electron chi connectivity index (χ4n) is 1.59. The summed E-state index contributed by atoms with van der Waals surface area (Å²) < 4.78 is 6.57. The molecule has 0 atom stereocenters. The summed E-state index contributed by atoms with van der Waals surface area (Å²) in [6.45, 7) is 0. The summed E-state index contributed by atoms with van der Waals surface area (Å²) in [7, 11) is 0. The zero-order valence-corrected chi connectivity index (χ0v) is 11.3. The number of nitrogens with two attached hydrogens (primary N) is 1. The van der Waals surface area contributed by atoms with Gasteiger partial charge in [0, 0.05) is 12.1 Å². The van der Waals surface area contributed by atoms with Gasteiger partial charge in [0.05, 0.1) is 15.7 Å². The molecule has 0 spiro atoms. The van der Waals surface area contributed by atoms with E-state index >= 15 is 0 Å². The minimum atomic E-state index is -0.465. The van der Waals surface area contributed by atoms with Gasteiger partial charge in [0.25, 0.3) is 0 Å². The highest BCUT2D eigenvalue weighted by atomic mass is 35.5. The van der Waals surface area contributed by atoms with Crippen molar-refractivity contribution in [3.05, 3.63) is 44.8 Å². The Bertz CT molecular complexity index is 858. The predicted molar refractivity (Wildman–Crippen MR) is 74.6 cm³/mol. The third-order valence-corrected chi connectivity index (χ3v) is 3.24. The first-order valence-corrected chi connectivity index (χ1v) is 6.17. The molecule has 3 N–H and O–H groups in total. The van der Waals surface area contributed by atoms with Crippen LogP contribution in [0, 0.1) is 0 Å². The lowest BCUT2D eigenvalue weighted by Crippen LogP contribution is -2.12. The van der Waals surface area contributed by atoms with Gasteiger partial charge >= 0.3 is 5.69 Å². The van der Waals surface area contributed by atoms with Gasteiger partial charge in [-0.1, -0.05) is 23.2 Å². The minimum absolute atomic E-state index is 0.172. The van der Waals surface area contributed by atoms with E-state index in [1.165, 1.54) is 12.1 Å². The number of ether oxygens (including phenoxy) is 1. The predicted octanol–water partition coefficient (Wildman–Crippen LogP) is 2.10. The number of nitrogens with one attached hydrogen (secondary N) is 1. The maximum Gasteiger partial charge on any atom is 0.364 e. The highest BCUT2D eigenvalue weighted by Gasteiger charge is 2.09. The first-order chi connectivity index (χ1) is 9.54. The second-order valence-electron chi connectivity index (χ2n) is 3.88. The molecule has 2 heterocycles. The molecular formula is C11H7Cl2N5O2. The van der Waals surface area contributed by atoms with Crippen LogP contribution in [0.15, 0.2) is 29.1 Å². The Labute approximate surface area is 121 Å². The van der Waals surface area contributed by atoms with Gasteiger partial charge in [0.15, 0.2) is 11.4 Å². The molecule has 0 aliphatic carbocycles. The van der Waals surface area contributed by atoms with Crippen molar-refractivity contribution in [1.29, 1.82) is 0 Å². The molecule has 102 valence electrons. The number of fused-ring (bicyclic) bond motifs is 1. The monoisotopic (exact) mass is 311 g/mol. The number of aromatic nitrogens is 4. The Balaban J connectivity index is 2.02. The maximum atomic E-state index is 11.4. The van der Waals surface area contributed by atoms with Crippen molar-refractivity contribution in [1.82, 2.24) is 19.8 Å². The molecule has 0 aliphatic heterocycles. The number of nitrogens with zero attached hydrogens (tertiary/aromatic N) is 3. The van der Waals surface area contributed by atoms with Gasteiger partial charge in [-0.2, -0.15) is 9.61 Å². The number of hydrogen-bond acceptors (Lipinski definition) is 5. The SMILES string of the molecule is Nc1cc(Cl)c(Cl)cc1Oc1ccc2n[nH]c(=O)n2n1. The highest BCUT2D eigenvalue weighted by Crippen LogP contribution is 2.34. The maximum absolute atomic E-state index is 11.4. The Kier molecular flexibility index (Phi) is 3.00. The zero-order valence-electron chi connectivity index (χ0n) is 9.80. The third-order valence-electron chi connectivity index (χ3n) is 2.52. The van der Waals surface area contributed by atoms with Crippen LogP contribution in [0.4, 0.5) is 5.69 Å². The molecule has 1 aromatic carbocycles. The first kappa shape index (κ1) is 12.8. The lowest BCUT2D eigenvalue weighted by Gasteiger charge is -2.08. The third kappa shape index (κ3) is 2.17. The Hall–Kier alpha value is -2.25. The second kappa shape index (κ2) is 4.69. The molecule has 0 saturated carbocycles. The summed E-state index contributed by atoms with van der Waals surface area (Å²) in [6.07, 6.45) is 0. The Morgan fingerprint density at radius 2 is 2.00 bits per heavy atom. The summed E-state index contributed by atoms with van der Waals surface area (Å²) in [5.74, 6) is 0.467. The van der Waals surface area contributed by atoms with E-state index in [9.17, 15) is 4.79 Å². The highest BCUT2D eigenvalue weighted by molar-refractivity contribution is 6.42.